The van der Waals surface area contributed by atoms with E-state index in [9.17, 15) is 0 Å². The molecule has 0 spiro atoms. The van der Waals surface area contributed by atoms with E-state index in [2.05, 4.69) is 25.2 Å². The molecule has 1 aliphatic rings. The monoisotopic (exact) mass is 301 g/mol. The Morgan fingerprint density at radius 2 is 2.16 bits per heavy atom. The second kappa shape index (κ2) is 6.45. The first-order valence-electron chi connectivity index (χ1n) is 6.76. The molecule has 4 heteroatoms. The van der Waals surface area contributed by atoms with E-state index in [1.807, 2.05) is 12.1 Å². The summed E-state index contributed by atoms with van der Waals surface area (Å²) in [5.74, 6) is 0. The van der Waals surface area contributed by atoms with Gasteiger partial charge in [-0.2, -0.15) is 0 Å². The number of nitrogens with one attached hydrogen (secondary N) is 1. The molecule has 1 atom stereocenters. The lowest BCUT2D eigenvalue weighted by atomic mass is 9.80. The van der Waals surface area contributed by atoms with Gasteiger partial charge >= 0.3 is 0 Å². The lowest BCUT2D eigenvalue weighted by Gasteiger charge is -2.29. The van der Waals surface area contributed by atoms with Gasteiger partial charge in [-0.3, -0.25) is 0 Å². The summed E-state index contributed by atoms with van der Waals surface area (Å²) in [5.41, 5.74) is 1.25. The fourth-order valence-corrected chi connectivity index (χ4v) is 2.89. The summed E-state index contributed by atoms with van der Waals surface area (Å²) in [5, 5.41) is 4.84. The standard InChI is InChI=1S/C15H21Cl2NO/c1-11(2)18-9-15(6-7-19-10-15)8-12-4-3-5-13(16)14(12)17/h3-5,11,18H,6-10H2,1-2H3. The van der Waals surface area contributed by atoms with Crippen molar-refractivity contribution in [2.24, 2.45) is 5.41 Å². The summed E-state index contributed by atoms with van der Waals surface area (Å²) < 4.78 is 5.62. The molecule has 2 rings (SSSR count). The minimum Gasteiger partial charge on any atom is -0.381 e. The molecule has 0 aliphatic carbocycles. The SMILES string of the molecule is CC(C)NCC1(Cc2cccc(Cl)c2Cl)CCOC1. The summed E-state index contributed by atoms with van der Waals surface area (Å²) in [6, 6.07) is 6.33. The van der Waals surface area contributed by atoms with Gasteiger partial charge in [0.2, 0.25) is 0 Å². The molecular weight excluding hydrogens is 281 g/mol. The van der Waals surface area contributed by atoms with Crippen molar-refractivity contribution < 1.29 is 4.74 Å². The van der Waals surface area contributed by atoms with Crippen molar-refractivity contribution in [2.45, 2.75) is 32.7 Å². The van der Waals surface area contributed by atoms with Crippen molar-refractivity contribution in [3.8, 4) is 0 Å². The van der Waals surface area contributed by atoms with Gasteiger partial charge in [0.1, 0.15) is 0 Å². The van der Waals surface area contributed by atoms with Gasteiger partial charge in [0.05, 0.1) is 16.7 Å². The van der Waals surface area contributed by atoms with E-state index in [1.54, 1.807) is 0 Å². The van der Waals surface area contributed by atoms with Crippen LogP contribution in [0.1, 0.15) is 25.8 Å². The predicted molar refractivity (Wildman–Crippen MR) is 81.2 cm³/mol. The average molecular weight is 302 g/mol. The third-order valence-corrected chi connectivity index (χ3v) is 4.53. The minimum absolute atomic E-state index is 0.137. The molecular formula is C15H21Cl2NO. The highest BCUT2D eigenvalue weighted by molar-refractivity contribution is 6.42. The summed E-state index contributed by atoms with van der Waals surface area (Å²) >= 11 is 12.4. The van der Waals surface area contributed by atoms with Crippen LogP contribution in [0.25, 0.3) is 0 Å². The topological polar surface area (TPSA) is 21.3 Å². The number of hydrogen-bond acceptors (Lipinski definition) is 2. The Morgan fingerprint density at radius 1 is 1.37 bits per heavy atom. The zero-order valence-corrected chi connectivity index (χ0v) is 13.0. The largest absolute Gasteiger partial charge is 0.381 e. The van der Waals surface area contributed by atoms with Gasteiger partial charge in [0.25, 0.3) is 0 Å². The highest BCUT2D eigenvalue weighted by Crippen LogP contribution is 2.36. The van der Waals surface area contributed by atoms with Gasteiger partial charge in [-0.15, -0.1) is 0 Å². The summed E-state index contributed by atoms with van der Waals surface area (Å²) in [6.45, 7) is 6.90. The molecule has 0 bridgehead atoms. The number of halogens is 2. The first-order chi connectivity index (χ1) is 9.02. The van der Waals surface area contributed by atoms with Crippen LogP contribution in [-0.2, 0) is 11.2 Å². The number of benzene rings is 1. The van der Waals surface area contributed by atoms with Crippen molar-refractivity contribution in [1.29, 1.82) is 0 Å². The Morgan fingerprint density at radius 3 is 2.79 bits per heavy atom. The zero-order valence-electron chi connectivity index (χ0n) is 11.5. The van der Waals surface area contributed by atoms with Crippen LogP contribution in [0.5, 0.6) is 0 Å². The fourth-order valence-electron chi connectivity index (χ4n) is 2.50. The van der Waals surface area contributed by atoms with Gasteiger partial charge in [-0.25, -0.2) is 0 Å². The molecule has 0 aromatic heterocycles. The summed E-state index contributed by atoms with van der Waals surface area (Å²) in [7, 11) is 0. The van der Waals surface area contributed by atoms with Crippen LogP contribution in [0, 0.1) is 5.41 Å². The molecule has 1 unspecified atom stereocenters. The smallest absolute Gasteiger partial charge is 0.0624 e. The van der Waals surface area contributed by atoms with E-state index in [1.165, 1.54) is 0 Å². The van der Waals surface area contributed by atoms with Gasteiger partial charge in [-0.05, 0) is 24.5 Å². The molecule has 1 fully saturated rings. The molecule has 0 amide bonds. The second-order valence-corrected chi connectivity index (χ2v) is 6.51. The van der Waals surface area contributed by atoms with Gasteiger partial charge in [0, 0.05) is 24.6 Å². The highest BCUT2D eigenvalue weighted by atomic mass is 35.5. The van der Waals surface area contributed by atoms with Crippen molar-refractivity contribution in [2.75, 3.05) is 19.8 Å². The molecule has 1 saturated heterocycles. The lowest BCUT2D eigenvalue weighted by molar-refractivity contribution is 0.148. The van der Waals surface area contributed by atoms with Crippen molar-refractivity contribution in [3.63, 3.8) is 0 Å². The Hall–Kier alpha value is -0.280. The van der Waals surface area contributed by atoms with E-state index in [4.69, 9.17) is 27.9 Å². The third kappa shape index (κ3) is 3.85. The predicted octanol–water partition coefficient (Wildman–Crippen LogP) is 3.94. The van der Waals surface area contributed by atoms with Gasteiger partial charge in [-0.1, -0.05) is 49.2 Å². The maximum atomic E-state index is 6.30. The molecule has 0 saturated carbocycles. The van der Waals surface area contributed by atoms with E-state index < -0.39 is 0 Å². The van der Waals surface area contributed by atoms with E-state index >= 15 is 0 Å². The van der Waals surface area contributed by atoms with E-state index in [0.29, 0.717) is 16.1 Å². The normalized spacial score (nSPS) is 23.2. The van der Waals surface area contributed by atoms with Crippen LogP contribution in [0.3, 0.4) is 0 Å². The fraction of sp³-hybridized carbons (Fsp3) is 0.600. The van der Waals surface area contributed by atoms with E-state index in [0.717, 1.165) is 38.2 Å². The average Bonchev–Trinajstić information content (AvgIpc) is 2.82. The molecule has 1 aliphatic heterocycles. The molecule has 0 radical (unpaired) electrons. The Bertz CT molecular complexity index is 428. The quantitative estimate of drug-likeness (QED) is 0.889. The summed E-state index contributed by atoms with van der Waals surface area (Å²) in [6.07, 6.45) is 1.97. The van der Waals surface area contributed by atoms with Gasteiger partial charge in [0.15, 0.2) is 0 Å². The molecule has 1 aromatic carbocycles. The Labute approximate surface area is 125 Å². The van der Waals surface area contributed by atoms with Crippen LogP contribution in [0.4, 0.5) is 0 Å². The first-order valence-corrected chi connectivity index (χ1v) is 7.52. The molecule has 2 nitrogen and oxygen atoms in total. The first kappa shape index (κ1) is 15.1. The molecule has 106 valence electrons. The molecule has 1 N–H and O–H groups in total. The van der Waals surface area contributed by atoms with Crippen molar-refractivity contribution in [1.82, 2.24) is 5.32 Å². The second-order valence-electron chi connectivity index (χ2n) is 5.73. The maximum Gasteiger partial charge on any atom is 0.0624 e. The summed E-state index contributed by atoms with van der Waals surface area (Å²) in [4.78, 5) is 0. The number of ether oxygens (including phenoxy) is 1. The third-order valence-electron chi connectivity index (χ3n) is 3.67. The van der Waals surface area contributed by atoms with Crippen LogP contribution < -0.4 is 5.32 Å². The number of rotatable bonds is 5. The number of hydrogen-bond donors (Lipinski definition) is 1. The van der Waals surface area contributed by atoms with E-state index in [-0.39, 0.29) is 5.41 Å². The van der Waals surface area contributed by atoms with Crippen molar-refractivity contribution >= 4 is 23.2 Å². The van der Waals surface area contributed by atoms with Crippen LogP contribution in [-0.4, -0.2) is 25.8 Å². The van der Waals surface area contributed by atoms with Gasteiger partial charge < -0.3 is 10.1 Å². The molecule has 1 heterocycles. The van der Waals surface area contributed by atoms with Crippen LogP contribution >= 0.6 is 23.2 Å². The van der Waals surface area contributed by atoms with Crippen LogP contribution in [0.2, 0.25) is 10.0 Å². The molecule has 19 heavy (non-hydrogen) atoms. The molecule has 1 aromatic rings. The zero-order chi connectivity index (χ0) is 13.9. The Kier molecular flexibility index (Phi) is 5.13. The Balaban J connectivity index is 2.14. The van der Waals surface area contributed by atoms with Crippen LogP contribution in [0.15, 0.2) is 18.2 Å². The lowest BCUT2D eigenvalue weighted by Crippen LogP contribution is -2.39. The van der Waals surface area contributed by atoms with Crippen molar-refractivity contribution in [3.05, 3.63) is 33.8 Å². The highest BCUT2D eigenvalue weighted by Gasteiger charge is 2.35. The maximum absolute atomic E-state index is 6.30. The minimum atomic E-state index is 0.137.